The average molecular weight is 300 g/mol. The van der Waals surface area contributed by atoms with Gasteiger partial charge in [-0.1, -0.05) is 54.2 Å². The monoisotopic (exact) mass is 300 g/mol. The first kappa shape index (κ1) is 13.1. The van der Waals surface area contributed by atoms with Crippen LogP contribution < -0.4 is 5.11 Å². The van der Waals surface area contributed by atoms with E-state index in [-0.39, 0.29) is 0 Å². The number of hydrogen-bond acceptors (Lipinski definition) is 5. The number of carbonyl (C=O) groups is 1. The van der Waals surface area contributed by atoms with Crippen LogP contribution in [0.25, 0.3) is 10.2 Å². The van der Waals surface area contributed by atoms with Crippen LogP contribution >= 0.6 is 23.1 Å². The van der Waals surface area contributed by atoms with Gasteiger partial charge in [0.05, 0.1) is 21.4 Å². The fourth-order valence-electron chi connectivity index (χ4n) is 1.88. The van der Waals surface area contributed by atoms with E-state index >= 15 is 0 Å². The summed E-state index contributed by atoms with van der Waals surface area (Å²) in [7, 11) is 0. The van der Waals surface area contributed by atoms with E-state index in [1.165, 1.54) is 23.1 Å². The Labute approximate surface area is 124 Å². The summed E-state index contributed by atoms with van der Waals surface area (Å²) in [5.74, 6) is -1.10. The van der Waals surface area contributed by atoms with E-state index in [0.717, 1.165) is 20.1 Å². The standard InChI is InChI=1S/C15H11NO2S2/c17-14(18)13(10-6-2-1-3-7-10)20-15-16-11-8-4-5-9-12(11)19-15/h1-9,13H,(H,17,18)/p-1/t13-/m0/s1. The average Bonchev–Trinajstić information content (AvgIpc) is 2.88. The Balaban J connectivity index is 1.92. The van der Waals surface area contributed by atoms with Crippen molar-refractivity contribution in [3.8, 4) is 0 Å². The topological polar surface area (TPSA) is 53.0 Å². The number of fused-ring (bicyclic) bond motifs is 1. The molecule has 0 unspecified atom stereocenters. The van der Waals surface area contributed by atoms with Crippen LogP contribution in [0.4, 0.5) is 0 Å². The lowest BCUT2D eigenvalue weighted by Crippen LogP contribution is -2.27. The normalized spacial score (nSPS) is 12.4. The van der Waals surface area contributed by atoms with Gasteiger partial charge in [-0.2, -0.15) is 0 Å². The molecule has 3 rings (SSSR count). The van der Waals surface area contributed by atoms with Gasteiger partial charge in [0, 0.05) is 0 Å². The Bertz CT molecular complexity index is 707. The van der Waals surface area contributed by atoms with Crippen LogP contribution in [0.3, 0.4) is 0 Å². The third kappa shape index (κ3) is 2.69. The molecule has 1 heterocycles. The molecule has 100 valence electrons. The fraction of sp³-hybridized carbons (Fsp3) is 0.0667. The van der Waals surface area contributed by atoms with Crippen molar-refractivity contribution in [2.45, 2.75) is 9.59 Å². The molecule has 0 bridgehead atoms. The fourth-order valence-corrected chi connectivity index (χ4v) is 4.07. The summed E-state index contributed by atoms with van der Waals surface area (Å²) < 4.78 is 1.80. The van der Waals surface area contributed by atoms with Crippen molar-refractivity contribution in [3.05, 3.63) is 60.2 Å². The highest BCUT2D eigenvalue weighted by molar-refractivity contribution is 8.02. The number of thioether (sulfide) groups is 1. The van der Waals surface area contributed by atoms with Crippen LogP contribution in [-0.4, -0.2) is 11.0 Å². The number of carbonyl (C=O) groups excluding carboxylic acids is 1. The molecule has 0 amide bonds. The van der Waals surface area contributed by atoms with Crippen LogP contribution in [0, 0.1) is 0 Å². The lowest BCUT2D eigenvalue weighted by atomic mass is 10.1. The molecular formula is C15H10NO2S2-. The zero-order chi connectivity index (χ0) is 13.9. The van der Waals surface area contributed by atoms with Gasteiger partial charge in [-0.3, -0.25) is 0 Å². The lowest BCUT2D eigenvalue weighted by molar-refractivity contribution is -0.305. The number of nitrogens with zero attached hydrogens (tertiary/aromatic N) is 1. The van der Waals surface area contributed by atoms with E-state index in [2.05, 4.69) is 4.98 Å². The molecule has 0 aliphatic heterocycles. The van der Waals surface area contributed by atoms with Crippen molar-refractivity contribution < 1.29 is 9.90 Å². The largest absolute Gasteiger partial charge is 0.549 e. The van der Waals surface area contributed by atoms with Gasteiger partial charge in [0.2, 0.25) is 0 Å². The molecule has 0 N–H and O–H groups in total. The van der Waals surface area contributed by atoms with Crippen molar-refractivity contribution in [1.82, 2.24) is 4.98 Å². The van der Waals surface area contributed by atoms with E-state index in [0.29, 0.717) is 0 Å². The highest BCUT2D eigenvalue weighted by Gasteiger charge is 2.16. The van der Waals surface area contributed by atoms with E-state index in [9.17, 15) is 9.90 Å². The van der Waals surface area contributed by atoms with Crippen molar-refractivity contribution >= 4 is 39.3 Å². The molecule has 0 spiro atoms. The van der Waals surface area contributed by atoms with Gasteiger partial charge in [-0.15, -0.1) is 11.3 Å². The molecule has 3 nitrogen and oxygen atoms in total. The Morgan fingerprint density at radius 3 is 2.50 bits per heavy atom. The molecule has 5 heteroatoms. The molecule has 0 fully saturated rings. The first-order valence-electron chi connectivity index (χ1n) is 6.02. The van der Waals surface area contributed by atoms with Gasteiger partial charge in [-0.05, 0) is 17.7 Å². The molecule has 1 aromatic heterocycles. The third-order valence-corrected chi connectivity index (χ3v) is 5.17. The summed E-state index contributed by atoms with van der Waals surface area (Å²) in [6.07, 6.45) is 0. The van der Waals surface area contributed by atoms with Crippen molar-refractivity contribution in [1.29, 1.82) is 0 Å². The second kappa shape index (κ2) is 5.64. The zero-order valence-electron chi connectivity index (χ0n) is 10.4. The van der Waals surface area contributed by atoms with Crippen LogP contribution in [0.15, 0.2) is 58.9 Å². The predicted octanol–water partition coefficient (Wildman–Crippen LogP) is 2.88. The minimum Gasteiger partial charge on any atom is -0.549 e. The highest BCUT2D eigenvalue weighted by atomic mass is 32.2. The van der Waals surface area contributed by atoms with Crippen LogP contribution in [0.2, 0.25) is 0 Å². The molecular weight excluding hydrogens is 290 g/mol. The molecule has 2 aromatic carbocycles. The van der Waals surface area contributed by atoms with Crippen LogP contribution in [0.1, 0.15) is 10.8 Å². The number of benzene rings is 2. The predicted molar refractivity (Wildman–Crippen MR) is 79.7 cm³/mol. The van der Waals surface area contributed by atoms with Crippen LogP contribution in [-0.2, 0) is 4.79 Å². The Hall–Kier alpha value is -1.85. The Morgan fingerprint density at radius 2 is 1.80 bits per heavy atom. The second-order valence-corrected chi connectivity index (χ2v) is 6.56. The summed E-state index contributed by atoms with van der Waals surface area (Å²) >= 11 is 2.72. The molecule has 0 aliphatic rings. The summed E-state index contributed by atoms with van der Waals surface area (Å²) in [4.78, 5) is 15.8. The molecule has 0 aliphatic carbocycles. The highest BCUT2D eigenvalue weighted by Crippen LogP contribution is 2.38. The molecule has 3 aromatic rings. The summed E-state index contributed by atoms with van der Waals surface area (Å²) in [6.45, 7) is 0. The zero-order valence-corrected chi connectivity index (χ0v) is 12.0. The van der Waals surface area contributed by atoms with Crippen molar-refractivity contribution in [3.63, 3.8) is 0 Å². The van der Waals surface area contributed by atoms with Gasteiger partial charge >= 0.3 is 0 Å². The van der Waals surface area contributed by atoms with Crippen LogP contribution in [0.5, 0.6) is 0 Å². The minimum absolute atomic E-state index is 0.719. The third-order valence-electron chi connectivity index (χ3n) is 2.81. The maximum absolute atomic E-state index is 11.4. The van der Waals surface area contributed by atoms with Gasteiger partial charge in [0.1, 0.15) is 0 Å². The van der Waals surface area contributed by atoms with Crippen molar-refractivity contribution in [2.75, 3.05) is 0 Å². The quantitative estimate of drug-likeness (QED) is 0.695. The number of hydrogen-bond donors (Lipinski definition) is 0. The first-order chi connectivity index (χ1) is 9.74. The number of aromatic nitrogens is 1. The van der Waals surface area contributed by atoms with Gasteiger partial charge < -0.3 is 9.90 Å². The Kier molecular flexibility index (Phi) is 3.71. The molecule has 0 saturated heterocycles. The second-order valence-electron chi connectivity index (χ2n) is 4.18. The summed E-state index contributed by atoms with van der Waals surface area (Å²) in [6, 6.07) is 16.9. The number of carboxylic acids is 1. The molecule has 20 heavy (non-hydrogen) atoms. The SMILES string of the molecule is O=C([O-])[C@@H](Sc1nc2ccccc2s1)c1ccccc1. The van der Waals surface area contributed by atoms with Gasteiger partial charge in [-0.25, -0.2) is 4.98 Å². The summed E-state index contributed by atoms with van der Waals surface area (Å²) in [5, 5.41) is 10.6. The first-order valence-corrected chi connectivity index (χ1v) is 7.72. The molecule has 0 saturated carbocycles. The number of carboxylic acid groups (broad SMARTS) is 1. The number of aliphatic carboxylic acids is 1. The molecule has 1 atom stereocenters. The van der Waals surface area contributed by atoms with Gasteiger partial charge in [0.15, 0.2) is 4.34 Å². The van der Waals surface area contributed by atoms with E-state index < -0.39 is 11.2 Å². The number of thiazole rings is 1. The van der Waals surface area contributed by atoms with E-state index in [4.69, 9.17) is 0 Å². The maximum atomic E-state index is 11.4. The lowest BCUT2D eigenvalue weighted by Gasteiger charge is -2.16. The number of para-hydroxylation sites is 1. The Morgan fingerprint density at radius 1 is 1.10 bits per heavy atom. The molecule has 0 radical (unpaired) electrons. The smallest absolute Gasteiger partial charge is 0.152 e. The minimum atomic E-state index is -1.10. The van der Waals surface area contributed by atoms with Gasteiger partial charge in [0.25, 0.3) is 0 Å². The van der Waals surface area contributed by atoms with E-state index in [1.807, 2.05) is 42.5 Å². The van der Waals surface area contributed by atoms with Crippen molar-refractivity contribution in [2.24, 2.45) is 0 Å². The maximum Gasteiger partial charge on any atom is 0.152 e. The summed E-state index contributed by atoms with van der Waals surface area (Å²) in [5.41, 5.74) is 1.61. The van der Waals surface area contributed by atoms with E-state index in [1.54, 1.807) is 12.1 Å². The number of rotatable bonds is 4.